The van der Waals surface area contributed by atoms with Gasteiger partial charge in [0.05, 0.1) is 25.0 Å². The van der Waals surface area contributed by atoms with Gasteiger partial charge in [0.25, 0.3) is 0 Å². The van der Waals surface area contributed by atoms with Crippen LogP contribution in [-0.4, -0.2) is 19.6 Å². The molecular formula is C29H39ClN+. The van der Waals surface area contributed by atoms with Gasteiger partial charge in [-0.25, -0.2) is 0 Å². The molecule has 0 radical (unpaired) electrons. The van der Waals surface area contributed by atoms with Gasteiger partial charge < -0.3 is 0 Å². The first-order valence-electron chi connectivity index (χ1n) is 11.8. The predicted molar refractivity (Wildman–Crippen MR) is 139 cm³/mol. The molecule has 166 valence electrons. The molecule has 1 atom stereocenters. The summed E-state index contributed by atoms with van der Waals surface area (Å²) in [5.41, 5.74) is 3.96. The van der Waals surface area contributed by atoms with E-state index in [-0.39, 0.29) is 5.38 Å². The van der Waals surface area contributed by atoms with Crippen molar-refractivity contribution in [2.24, 2.45) is 0 Å². The van der Waals surface area contributed by atoms with Crippen LogP contribution >= 0.6 is 11.6 Å². The molecule has 0 amide bonds. The van der Waals surface area contributed by atoms with E-state index in [1.165, 1.54) is 60.2 Å². The fourth-order valence-corrected chi connectivity index (χ4v) is 4.68. The molecule has 0 spiro atoms. The first kappa shape index (κ1) is 25.2. The molecule has 2 heteroatoms. The summed E-state index contributed by atoms with van der Waals surface area (Å²) in [6, 6.07) is 31.6. The maximum atomic E-state index is 6.34. The van der Waals surface area contributed by atoms with Crippen LogP contribution < -0.4 is 4.48 Å². The second kappa shape index (κ2) is 14.1. The first-order valence-corrected chi connectivity index (χ1v) is 12.2. The van der Waals surface area contributed by atoms with Gasteiger partial charge in [0, 0.05) is 0 Å². The molecule has 31 heavy (non-hydrogen) atoms. The predicted octanol–water partition coefficient (Wildman–Crippen LogP) is 8.43. The first-order chi connectivity index (χ1) is 15.1. The molecule has 3 aromatic carbocycles. The van der Waals surface area contributed by atoms with Crippen molar-refractivity contribution >= 4 is 17.3 Å². The minimum atomic E-state index is 0.0635. The van der Waals surface area contributed by atoms with E-state index in [1.54, 1.807) is 0 Å². The smallest absolute Gasteiger partial charge is 0.132 e. The number of hydrogen-bond donors (Lipinski definition) is 0. The monoisotopic (exact) mass is 436 g/mol. The summed E-state index contributed by atoms with van der Waals surface area (Å²) in [6.45, 7) is 10.7. The summed E-state index contributed by atoms with van der Waals surface area (Å²) in [6.07, 6.45) is 4.66. The molecule has 3 aromatic rings. The Balaban J connectivity index is 0.000000220. The van der Waals surface area contributed by atoms with Gasteiger partial charge in [0.15, 0.2) is 0 Å². The number of benzene rings is 3. The average Bonchev–Trinajstić information content (AvgIpc) is 2.82. The van der Waals surface area contributed by atoms with E-state index in [0.29, 0.717) is 0 Å². The molecule has 0 aliphatic rings. The lowest BCUT2D eigenvalue weighted by Gasteiger charge is -2.38. The van der Waals surface area contributed by atoms with E-state index in [2.05, 4.69) is 75.4 Å². The molecule has 3 rings (SSSR count). The van der Waals surface area contributed by atoms with Gasteiger partial charge in [-0.2, -0.15) is 0 Å². The summed E-state index contributed by atoms with van der Waals surface area (Å²) in [7, 11) is 0. The summed E-state index contributed by atoms with van der Waals surface area (Å²) in [4.78, 5) is 0. The van der Waals surface area contributed by atoms with Crippen molar-refractivity contribution in [3.05, 3.63) is 102 Å². The second-order valence-corrected chi connectivity index (χ2v) is 8.75. The van der Waals surface area contributed by atoms with Gasteiger partial charge in [0.2, 0.25) is 0 Å². The van der Waals surface area contributed by atoms with Crippen LogP contribution in [0.2, 0.25) is 0 Å². The maximum Gasteiger partial charge on any atom is 0.132 e. The van der Waals surface area contributed by atoms with E-state index >= 15 is 0 Å². The number of nitrogens with zero attached hydrogens (tertiary/aromatic N) is 1. The van der Waals surface area contributed by atoms with Gasteiger partial charge in [-0.15, -0.1) is 11.6 Å². The molecule has 0 aliphatic carbocycles. The van der Waals surface area contributed by atoms with E-state index in [0.717, 1.165) is 6.42 Å². The Hall–Kier alpha value is -2.09. The van der Waals surface area contributed by atoms with Crippen LogP contribution in [0.4, 0.5) is 5.69 Å². The molecule has 0 aromatic heterocycles. The maximum absolute atomic E-state index is 6.34. The minimum Gasteiger partial charge on any atom is -0.291 e. The van der Waals surface area contributed by atoms with Gasteiger partial charge in [-0.05, 0) is 48.9 Å². The van der Waals surface area contributed by atoms with Gasteiger partial charge in [-0.3, -0.25) is 4.48 Å². The second-order valence-electron chi connectivity index (χ2n) is 8.22. The number of hydrogen-bond acceptors (Lipinski definition) is 0. The van der Waals surface area contributed by atoms with Gasteiger partial charge >= 0.3 is 0 Å². The fraction of sp³-hybridized carbons (Fsp3) is 0.379. The van der Waals surface area contributed by atoms with Crippen molar-refractivity contribution in [3.8, 4) is 0 Å². The summed E-state index contributed by atoms with van der Waals surface area (Å²) in [5.74, 6) is 0. The van der Waals surface area contributed by atoms with Gasteiger partial charge in [0.1, 0.15) is 5.69 Å². The zero-order valence-corrected chi connectivity index (χ0v) is 20.3. The Morgan fingerprint density at radius 2 is 1.03 bits per heavy atom. The summed E-state index contributed by atoms with van der Waals surface area (Å²) < 4.78 is 1.17. The number of rotatable bonds is 10. The highest BCUT2D eigenvalue weighted by molar-refractivity contribution is 6.20. The van der Waals surface area contributed by atoms with E-state index in [4.69, 9.17) is 11.6 Å². The standard InChI is InChI=1S/C15H26N.C14H13Cl/c1-4-12-16(13-5-2,14-6-3)15-10-8-7-9-11-15;15-14(13-9-5-2-6-10-13)11-12-7-3-1-4-8-12/h7-11H,4-6,12-14H2,1-3H3;1-10,14H,11H2/q+1;. The third kappa shape index (κ3) is 8.16. The highest BCUT2D eigenvalue weighted by Gasteiger charge is 2.27. The van der Waals surface area contributed by atoms with Crippen molar-refractivity contribution in [1.29, 1.82) is 0 Å². The SMILES string of the molecule is CCC[N+](CCC)(CCC)c1ccccc1.ClC(Cc1ccccc1)c1ccccc1. The molecule has 0 bridgehead atoms. The average molecular weight is 437 g/mol. The quantitative estimate of drug-likeness (QED) is 0.221. The van der Waals surface area contributed by atoms with Crippen LogP contribution in [0.15, 0.2) is 91.0 Å². The van der Waals surface area contributed by atoms with Crippen molar-refractivity contribution in [1.82, 2.24) is 4.48 Å². The molecule has 0 N–H and O–H groups in total. The molecule has 0 fully saturated rings. The van der Waals surface area contributed by atoms with Crippen LogP contribution in [0, 0.1) is 0 Å². The Morgan fingerprint density at radius 3 is 1.48 bits per heavy atom. The van der Waals surface area contributed by atoms with Crippen molar-refractivity contribution in [3.63, 3.8) is 0 Å². The normalized spacial score (nSPS) is 12.0. The van der Waals surface area contributed by atoms with Gasteiger partial charge in [-0.1, -0.05) is 99.6 Å². The Labute approximate surface area is 195 Å². The summed E-state index contributed by atoms with van der Waals surface area (Å²) in [5, 5.41) is 0.0635. The Morgan fingerprint density at radius 1 is 0.613 bits per heavy atom. The van der Waals surface area contributed by atoms with E-state index in [1.807, 2.05) is 36.4 Å². The molecule has 0 aliphatic heterocycles. The summed E-state index contributed by atoms with van der Waals surface area (Å²) >= 11 is 6.34. The van der Waals surface area contributed by atoms with E-state index in [9.17, 15) is 0 Å². The third-order valence-corrected chi connectivity index (χ3v) is 6.08. The highest BCUT2D eigenvalue weighted by Crippen LogP contribution is 2.25. The Kier molecular flexibility index (Phi) is 11.4. The molecule has 0 heterocycles. The third-order valence-electron chi connectivity index (χ3n) is 5.68. The molecule has 1 unspecified atom stereocenters. The van der Waals surface area contributed by atoms with E-state index < -0.39 is 0 Å². The van der Waals surface area contributed by atoms with Crippen LogP contribution in [0.5, 0.6) is 0 Å². The lowest BCUT2D eigenvalue weighted by atomic mass is 10.0. The minimum absolute atomic E-state index is 0.0635. The van der Waals surface area contributed by atoms with Crippen LogP contribution in [0.1, 0.15) is 56.5 Å². The highest BCUT2D eigenvalue weighted by atomic mass is 35.5. The van der Waals surface area contributed by atoms with Crippen LogP contribution in [-0.2, 0) is 6.42 Å². The molecule has 1 nitrogen and oxygen atoms in total. The Bertz CT molecular complexity index is 800. The number of alkyl halides is 1. The lowest BCUT2D eigenvalue weighted by Crippen LogP contribution is -2.51. The fourth-order valence-electron chi connectivity index (χ4n) is 4.35. The van der Waals surface area contributed by atoms with Crippen molar-refractivity contribution in [2.75, 3.05) is 19.6 Å². The number of quaternary nitrogens is 1. The van der Waals surface area contributed by atoms with Crippen molar-refractivity contribution in [2.45, 2.75) is 51.8 Å². The molecule has 0 saturated heterocycles. The number of halogens is 1. The van der Waals surface area contributed by atoms with Crippen LogP contribution in [0.3, 0.4) is 0 Å². The largest absolute Gasteiger partial charge is 0.291 e. The lowest BCUT2D eigenvalue weighted by molar-refractivity contribution is 0.273. The zero-order chi connectivity index (χ0) is 22.4. The van der Waals surface area contributed by atoms with Crippen molar-refractivity contribution < 1.29 is 0 Å². The molecule has 0 saturated carbocycles. The molecular weight excluding hydrogens is 398 g/mol. The topological polar surface area (TPSA) is 0 Å². The van der Waals surface area contributed by atoms with Crippen LogP contribution in [0.25, 0.3) is 0 Å². The zero-order valence-electron chi connectivity index (χ0n) is 19.5. The number of para-hydroxylation sites is 1.